The van der Waals surface area contributed by atoms with Crippen LogP contribution in [0.25, 0.3) is 0 Å². The first-order chi connectivity index (χ1) is 6.27. The highest BCUT2D eigenvalue weighted by molar-refractivity contribution is 6.08. The molecule has 3 nitrogen and oxygen atoms in total. The Morgan fingerprint density at radius 3 is 2.92 bits per heavy atom. The summed E-state index contributed by atoms with van der Waals surface area (Å²) in [7, 11) is 0. The van der Waals surface area contributed by atoms with Gasteiger partial charge in [-0.05, 0) is 18.9 Å². The molecule has 0 aromatic heterocycles. The standard InChI is InChI=1S/C10H13NO2/c1-3-5-6-7-8-10(12)13-9(4-2)11-8/h4,7H,2-3,5-6H2,1H3/b8-7-. The fourth-order valence-corrected chi connectivity index (χ4v) is 0.994. The van der Waals surface area contributed by atoms with Gasteiger partial charge in [0.2, 0.25) is 5.90 Å². The number of ether oxygens (including phenoxy) is 1. The average molecular weight is 179 g/mol. The smallest absolute Gasteiger partial charge is 0.363 e. The Kier molecular flexibility index (Phi) is 3.43. The van der Waals surface area contributed by atoms with E-state index in [0.29, 0.717) is 11.6 Å². The predicted octanol–water partition coefficient (Wildman–Crippen LogP) is 2.20. The summed E-state index contributed by atoms with van der Waals surface area (Å²) in [6.45, 7) is 5.57. The molecule has 0 aliphatic carbocycles. The predicted molar refractivity (Wildman–Crippen MR) is 51.3 cm³/mol. The fourth-order valence-electron chi connectivity index (χ4n) is 0.994. The summed E-state index contributed by atoms with van der Waals surface area (Å²) in [5.74, 6) is -0.0706. The highest BCUT2D eigenvalue weighted by Crippen LogP contribution is 2.12. The van der Waals surface area contributed by atoms with Gasteiger partial charge in [0.1, 0.15) is 5.70 Å². The maximum Gasteiger partial charge on any atom is 0.363 e. The van der Waals surface area contributed by atoms with Gasteiger partial charge in [0.15, 0.2) is 0 Å². The van der Waals surface area contributed by atoms with Crippen LogP contribution in [0.15, 0.2) is 29.4 Å². The number of cyclic esters (lactones) is 1. The lowest BCUT2D eigenvalue weighted by molar-refractivity contribution is -0.130. The van der Waals surface area contributed by atoms with E-state index in [-0.39, 0.29) is 5.97 Å². The molecule has 0 amide bonds. The topological polar surface area (TPSA) is 38.7 Å². The Balaban J connectivity index is 2.59. The molecule has 0 bridgehead atoms. The molecule has 1 aliphatic heterocycles. The lowest BCUT2D eigenvalue weighted by Gasteiger charge is -1.90. The Labute approximate surface area is 77.8 Å². The number of esters is 1. The molecule has 0 atom stereocenters. The van der Waals surface area contributed by atoms with Crippen LogP contribution in [-0.4, -0.2) is 11.9 Å². The molecular weight excluding hydrogens is 166 g/mol. The van der Waals surface area contributed by atoms with Crippen LogP contribution in [0.1, 0.15) is 26.2 Å². The summed E-state index contributed by atoms with van der Waals surface area (Å²) in [6, 6.07) is 0. The second kappa shape index (κ2) is 4.60. The van der Waals surface area contributed by atoms with Gasteiger partial charge < -0.3 is 4.74 Å². The number of aliphatic imine (C=N–C) groups is 1. The van der Waals surface area contributed by atoms with Gasteiger partial charge in [0.05, 0.1) is 0 Å². The van der Waals surface area contributed by atoms with E-state index in [2.05, 4.69) is 18.5 Å². The second-order valence-electron chi connectivity index (χ2n) is 2.78. The van der Waals surface area contributed by atoms with Crippen molar-refractivity contribution < 1.29 is 9.53 Å². The molecule has 0 saturated heterocycles. The molecule has 0 aromatic carbocycles. The van der Waals surface area contributed by atoms with Crippen molar-refractivity contribution in [3.05, 3.63) is 24.4 Å². The molecule has 0 fully saturated rings. The molecular formula is C10H13NO2. The molecule has 0 N–H and O–H groups in total. The van der Waals surface area contributed by atoms with E-state index in [0.717, 1.165) is 19.3 Å². The van der Waals surface area contributed by atoms with E-state index in [4.69, 9.17) is 4.74 Å². The zero-order valence-corrected chi connectivity index (χ0v) is 7.75. The highest BCUT2D eigenvalue weighted by atomic mass is 16.6. The Morgan fingerprint density at radius 1 is 1.62 bits per heavy atom. The normalized spacial score (nSPS) is 18.7. The van der Waals surface area contributed by atoms with Crippen LogP contribution in [0, 0.1) is 0 Å². The van der Waals surface area contributed by atoms with Gasteiger partial charge in [-0.3, -0.25) is 0 Å². The molecule has 1 aliphatic rings. The number of allylic oxidation sites excluding steroid dienone is 1. The van der Waals surface area contributed by atoms with E-state index >= 15 is 0 Å². The number of unbranched alkanes of at least 4 members (excludes halogenated alkanes) is 2. The Hall–Kier alpha value is -1.38. The SMILES string of the molecule is C=CC1=N/C(=C\CCCC)C(=O)O1. The van der Waals surface area contributed by atoms with Gasteiger partial charge in [-0.1, -0.05) is 26.0 Å². The van der Waals surface area contributed by atoms with Crippen LogP contribution in [0.2, 0.25) is 0 Å². The summed E-state index contributed by atoms with van der Waals surface area (Å²) in [5.41, 5.74) is 0.406. The van der Waals surface area contributed by atoms with E-state index in [9.17, 15) is 4.79 Å². The number of rotatable bonds is 4. The van der Waals surface area contributed by atoms with Gasteiger partial charge in [0, 0.05) is 0 Å². The van der Waals surface area contributed by atoms with Crippen molar-refractivity contribution in [3.8, 4) is 0 Å². The minimum atomic E-state index is -0.369. The monoisotopic (exact) mass is 179 g/mol. The molecule has 1 heterocycles. The summed E-state index contributed by atoms with van der Waals surface area (Å²) >= 11 is 0. The summed E-state index contributed by atoms with van der Waals surface area (Å²) in [6.07, 6.45) is 6.28. The van der Waals surface area contributed by atoms with Gasteiger partial charge in [-0.15, -0.1) is 0 Å². The van der Waals surface area contributed by atoms with E-state index < -0.39 is 0 Å². The van der Waals surface area contributed by atoms with Crippen LogP contribution in [0.4, 0.5) is 0 Å². The first kappa shape index (κ1) is 9.71. The van der Waals surface area contributed by atoms with Gasteiger partial charge in [-0.25, -0.2) is 9.79 Å². The number of hydrogen-bond acceptors (Lipinski definition) is 3. The van der Waals surface area contributed by atoms with Crippen molar-refractivity contribution in [3.63, 3.8) is 0 Å². The largest absolute Gasteiger partial charge is 0.403 e. The average Bonchev–Trinajstić information content (AvgIpc) is 2.48. The molecule has 0 spiro atoms. The highest BCUT2D eigenvalue weighted by Gasteiger charge is 2.19. The summed E-state index contributed by atoms with van der Waals surface area (Å²) < 4.78 is 4.78. The molecule has 3 heteroatoms. The van der Waals surface area contributed by atoms with Crippen LogP contribution in [-0.2, 0) is 9.53 Å². The third-order valence-corrected chi connectivity index (χ3v) is 1.71. The van der Waals surface area contributed by atoms with Crippen molar-refractivity contribution in [2.45, 2.75) is 26.2 Å². The van der Waals surface area contributed by atoms with Gasteiger partial charge in [-0.2, -0.15) is 0 Å². The number of carbonyl (C=O) groups excluding carboxylic acids is 1. The third kappa shape index (κ3) is 2.54. The molecule has 13 heavy (non-hydrogen) atoms. The molecule has 70 valence electrons. The van der Waals surface area contributed by atoms with Gasteiger partial charge in [0.25, 0.3) is 0 Å². The van der Waals surface area contributed by atoms with Crippen molar-refractivity contribution in [1.29, 1.82) is 0 Å². The van der Waals surface area contributed by atoms with E-state index in [1.807, 2.05) is 6.08 Å². The maximum atomic E-state index is 11.1. The lowest BCUT2D eigenvalue weighted by atomic mass is 10.2. The summed E-state index contributed by atoms with van der Waals surface area (Å²) in [5, 5.41) is 0. The number of carbonyl (C=O) groups is 1. The zero-order chi connectivity index (χ0) is 9.68. The Bertz CT molecular complexity index is 277. The minimum Gasteiger partial charge on any atom is -0.403 e. The number of nitrogens with zero attached hydrogens (tertiary/aromatic N) is 1. The van der Waals surface area contributed by atoms with Crippen molar-refractivity contribution in [2.24, 2.45) is 4.99 Å². The number of hydrogen-bond donors (Lipinski definition) is 0. The lowest BCUT2D eigenvalue weighted by Crippen LogP contribution is -2.00. The molecule has 0 radical (unpaired) electrons. The zero-order valence-electron chi connectivity index (χ0n) is 7.75. The van der Waals surface area contributed by atoms with Crippen molar-refractivity contribution >= 4 is 11.9 Å². The molecule has 0 unspecified atom stereocenters. The van der Waals surface area contributed by atoms with E-state index in [1.54, 1.807) is 0 Å². The van der Waals surface area contributed by atoms with E-state index in [1.165, 1.54) is 6.08 Å². The second-order valence-corrected chi connectivity index (χ2v) is 2.78. The van der Waals surface area contributed by atoms with Crippen LogP contribution < -0.4 is 0 Å². The van der Waals surface area contributed by atoms with Crippen molar-refractivity contribution in [1.82, 2.24) is 0 Å². The molecule has 1 rings (SSSR count). The van der Waals surface area contributed by atoms with Gasteiger partial charge >= 0.3 is 5.97 Å². The summed E-state index contributed by atoms with van der Waals surface area (Å²) in [4.78, 5) is 15.0. The minimum absolute atomic E-state index is 0.299. The maximum absolute atomic E-state index is 11.1. The quantitative estimate of drug-likeness (QED) is 0.377. The fraction of sp³-hybridized carbons (Fsp3) is 0.400. The van der Waals surface area contributed by atoms with Crippen LogP contribution in [0.3, 0.4) is 0 Å². The van der Waals surface area contributed by atoms with Crippen LogP contribution >= 0.6 is 0 Å². The van der Waals surface area contributed by atoms with Crippen LogP contribution in [0.5, 0.6) is 0 Å². The third-order valence-electron chi connectivity index (χ3n) is 1.71. The molecule has 0 aromatic rings. The Morgan fingerprint density at radius 2 is 2.38 bits per heavy atom. The molecule has 0 saturated carbocycles. The first-order valence-corrected chi connectivity index (χ1v) is 4.41. The van der Waals surface area contributed by atoms with Crippen molar-refractivity contribution in [2.75, 3.05) is 0 Å². The first-order valence-electron chi connectivity index (χ1n) is 4.41.